The number of hydrogen-bond donors (Lipinski definition) is 0. The van der Waals surface area contributed by atoms with E-state index in [1.807, 2.05) is 0 Å². The van der Waals surface area contributed by atoms with Crippen LogP contribution in [0.25, 0.3) is 0 Å². The first-order valence-corrected chi connectivity index (χ1v) is 11.3. The monoisotopic (exact) mass is 713 g/mol. The van der Waals surface area contributed by atoms with Gasteiger partial charge in [-0.2, -0.15) is 0 Å². The van der Waals surface area contributed by atoms with E-state index in [4.69, 9.17) is 9.47 Å². The Hall–Kier alpha value is -0.520. The van der Waals surface area contributed by atoms with Crippen molar-refractivity contribution >= 4 is 89.8 Å². The van der Waals surface area contributed by atoms with Crippen molar-refractivity contribution < 1.29 is 32.0 Å². The molecule has 0 bridgehead atoms. The second kappa shape index (κ2) is 9.11. The number of ether oxygens (including phenoxy) is 2. The Morgan fingerprint density at radius 1 is 1.00 bits per heavy atom. The van der Waals surface area contributed by atoms with Crippen molar-refractivity contribution in [1.29, 1.82) is 0 Å². The third-order valence-corrected chi connectivity index (χ3v) is 8.66. The van der Waals surface area contributed by atoms with Gasteiger partial charge in [0.1, 0.15) is 15.9 Å². The summed E-state index contributed by atoms with van der Waals surface area (Å²) in [7, 11) is -4.57. The zero-order valence-electron chi connectivity index (χ0n) is 12.6. The minimum Gasteiger partial charge on any atom is -0.744 e. The molecule has 0 saturated heterocycles. The Morgan fingerprint density at radius 3 is 2.04 bits per heavy atom. The zero-order valence-corrected chi connectivity index (χ0v) is 19.9. The second-order valence-corrected chi connectivity index (χ2v) is 9.51. The van der Waals surface area contributed by atoms with Gasteiger partial charge in [0.05, 0.1) is 10.5 Å². The van der Waals surface area contributed by atoms with Crippen molar-refractivity contribution in [3.05, 3.63) is 52.7 Å². The maximum absolute atomic E-state index is 12.0. The fourth-order valence-corrected chi connectivity index (χ4v) is 4.27. The average Bonchev–Trinajstić information content (AvgIpc) is 2.56. The molecule has 26 heavy (non-hydrogen) atoms. The molecular weight excluding hydrogens is 705 g/mol. The van der Waals surface area contributed by atoms with E-state index in [2.05, 4.69) is 67.8 Å². The van der Waals surface area contributed by atoms with Gasteiger partial charge in [0, 0.05) is 10.7 Å². The van der Waals surface area contributed by atoms with E-state index in [0.29, 0.717) is 5.56 Å². The molecule has 0 unspecified atom stereocenters. The highest BCUT2D eigenvalue weighted by Crippen LogP contribution is 2.23. The van der Waals surface area contributed by atoms with Gasteiger partial charge in [-0.05, 0) is 104 Å². The Balaban J connectivity index is 1.95. The van der Waals surface area contributed by atoms with Gasteiger partial charge >= 0.3 is 11.9 Å². The van der Waals surface area contributed by atoms with Gasteiger partial charge in [-0.15, -0.1) is 0 Å². The first-order chi connectivity index (χ1) is 12.1. The molecule has 0 aliphatic carbocycles. The van der Waals surface area contributed by atoms with Gasteiger partial charge in [-0.3, -0.25) is 0 Å². The highest BCUT2D eigenvalue weighted by atomic mass is 127. The molecule has 0 aromatic heterocycles. The zero-order chi connectivity index (χ0) is 19.5. The number of benzene rings is 2. The number of carbonyl (C=O) groups is 2. The predicted molar refractivity (Wildman–Crippen MR) is 115 cm³/mol. The number of hydrogen-bond acceptors (Lipinski definition) is 7. The van der Waals surface area contributed by atoms with Crippen LogP contribution in [0.5, 0.6) is 5.75 Å². The third kappa shape index (κ3) is 6.00. The molecule has 0 spiro atoms. The number of rotatable bonds is 5. The normalized spacial score (nSPS) is 11.1. The molecule has 0 saturated carbocycles. The van der Waals surface area contributed by atoms with Crippen LogP contribution in [0.3, 0.4) is 0 Å². The summed E-state index contributed by atoms with van der Waals surface area (Å²) in [6, 6.07) is 7.67. The summed E-state index contributed by atoms with van der Waals surface area (Å²) in [5.41, 5.74) is 0.317. The molecule has 0 aliphatic rings. The molecule has 0 aliphatic heterocycles. The van der Waals surface area contributed by atoms with Gasteiger partial charge in [0.25, 0.3) is 0 Å². The molecule has 138 valence electrons. The molecule has 2 rings (SSSR count). The van der Waals surface area contributed by atoms with Crippen molar-refractivity contribution in [2.45, 2.75) is 4.90 Å². The Kier molecular flexibility index (Phi) is 7.63. The largest absolute Gasteiger partial charge is 0.744 e. The Morgan fingerprint density at radius 2 is 1.54 bits per heavy atom. The molecule has 7 nitrogen and oxygen atoms in total. The Labute approximate surface area is 190 Å². The molecule has 0 amide bonds. The van der Waals surface area contributed by atoms with Crippen LogP contribution in [-0.2, 0) is 19.6 Å². The minimum atomic E-state index is -4.57. The lowest BCUT2D eigenvalue weighted by Gasteiger charge is -2.09. The molecule has 0 radical (unpaired) electrons. The number of halogens is 3. The van der Waals surface area contributed by atoms with E-state index in [9.17, 15) is 22.6 Å². The summed E-state index contributed by atoms with van der Waals surface area (Å²) in [4.78, 5) is 23.3. The lowest BCUT2D eigenvalue weighted by molar-refractivity contribution is -0.137. The van der Waals surface area contributed by atoms with Gasteiger partial charge in [-0.1, -0.05) is 0 Å². The average molecular weight is 713 g/mol. The van der Waals surface area contributed by atoms with Gasteiger partial charge in [0.15, 0.2) is 6.61 Å². The second-order valence-electron chi connectivity index (χ2n) is 4.73. The quantitative estimate of drug-likeness (QED) is 0.154. The number of carbonyl (C=O) groups excluding carboxylic acids is 2. The number of esters is 2. The van der Waals surface area contributed by atoms with Crippen LogP contribution >= 0.6 is 67.8 Å². The summed E-state index contributed by atoms with van der Waals surface area (Å²) in [5, 5.41) is 0. The van der Waals surface area contributed by atoms with Crippen LogP contribution in [0, 0.1) is 10.7 Å². The molecule has 11 heteroatoms. The lowest BCUT2D eigenvalue weighted by Crippen LogP contribution is -2.19. The molecule has 2 aromatic rings. The van der Waals surface area contributed by atoms with Gasteiger partial charge in [-0.25, -0.2) is 18.0 Å². The highest BCUT2D eigenvalue weighted by molar-refractivity contribution is 14.1. The minimum absolute atomic E-state index is 0.0248. The summed E-state index contributed by atoms with van der Waals surface area (Å²) >= 11 is 6.36. The van der Waals surface area contributed by atoms with Gasteiger partial charge < -0.3 is 14.0 Å². The van der Waals surface area contributed by atoms with Crippen molar-refractivity contribution in [1.82, 2.24) is 0 Å². The van der Waals surface area contributed by atoms with E-state index in [1.54, 1.807) is 12.1 Å². The predicted octanol–water partition coefficient (Wildman–Crippen LogP) is 3.17. The standard InChI is InChI=1S/C15H9I3O7S/c16-11-5-8(6-12(17)14(11)18)15(20)24-7-13(19)25-9-1-3-10(4-2-9)26(21,22)23/h1-6H,7H2,(H,21,22,23)/p-1. The maximum Gasteiger partial charge on any atom is 0.349 e. The SMILES string of the molecule is O=C(COC(=O)c1cc(I)c(I)c(I)c1)Oc1ccc(S(=O)(=O)[O-])cc1. The van der Waals surface area contributed by atoms with Crippen LogP contribution in [-0.4, -0.2) is 31.5 Å². The molecule has 0 heterocycles. The van der Waals surface area contributed by atoms with Crippen molar-refractivity contribution in [2.24, 2.45) is 0 Å². The first-order valence-electron chi connectivity index (χ1n) is 6.66. The summed E-state index contributed by atoms with van der Waals surface area (Å²) in [6.07, 6.45) is 0. The molecule has 0 fully saturated rings. The smallest absolute Gasteiger partial charge is 0.349 e. The summed E-state index contributed by atoms with van der Waals surface area (Å²) in [6.45, 7) is -0.612. The van der Waals surface area contributed by atoms with E-state index in [-0.39, 0.29) is 5.75 Å². The van der Waals surface area contributed by atoms with Crippen LogP contribution in [0.4, 0.5) is 0 Å². The lowest BCUT2D eigenvalue weighted by atomic mass is 10.2. The maximum atomic E-state index is 12.0. The van der Waals surface area contributed by atoms with Crippen molar-refractivity contribution in [3.63, 3.8) is 0 Å². The summed E-state index contributed by atoms with van der Waals surface area (Å²) in [5.74, 6) is -1.48. The van der Waals surface area contributed by atoms with Gasteiger partial charge in [0.2, 0.25) is 0 Å². The van der Waals surface area contributed by atoms with E-state index in [0.717, 1.165) is 35.0 Å². The highest BCUT2D eigenvalue weighted by Gasteiger charge is 2.15. The fraction of sp³-hybridized carbons (Fsp3) is 0.0667. The van der Waals surface area contributed by atoms with Crippen LogP contribution in [0.15, 0.2) is 41.3 Å². The molecular formula is C15H8I3O7S-. The fourth-order valence-electron chi connectivity index (χ4n) is 1.72. The van der Waals surface area contributed by atoms with E-state index < -0.39 is 33.6 Å². The van der Waals surface area contributed by atoms with E-state index >= 15 is 0 Å². The third-order valence-electron chi connectivity index (χ3n) is 2.88. The molecule has 2 aromatic carbocycles. The topological polar surface area (TPSA) is 110 Å². The van der Waals surface area contributed by atoms with Crippen LogP contribution in [0.2, 0.25) is 0 Å². The van der Waals surface area contributed by atoms with Crippen molar-refractivity contribution in [2.75, 3.05) is 6.61 Å². The van der Waals surface area contributed by atoms with Crippen molar-refractivity contribution in [3.8, 4) is 5.75 Å². The first kappa shape index (κ1) is 21.8. The van der Waals surface area contributed by atoms with E-state index in [1.165, 1.54) is 0 Å². The summed E-state index contributed by atoms with van der Waals surface area (Å²) < 4.78 is 45.1. The molecule has 0 N–H and O–H groups in total. The van der Waals surface area contributed by atoms with Crippen LogP contribution in [0.1, 0.15) is 10.4 Å². The molecule has 0 atom stereocenters. The Bertz CT molecular complexity index is 933. The van der Waals surface area contributed by atoms with Crippen LogP contribution < -0.4 is 4.74 Å².